The predicted octanol–water partition coefficient (Wildman–Crippen LogP) is 2.43. The largest absolute Gasteiger partial charge is 0.391 e. The summed E-state index contributed by atoms with van der Waals surface area (Å²) in [4.78, 5) is 11.8. The molecule has 1 heterocycles. The molecule has 1 atom stereocenters. The second-order valence-electron chi connectivity index (χ2n) is 4.83. The van der Waals surface area contributed by atoms with Gasteiger partial charge >= 0.3 is 0 Å². The third-order valence-electron chi connectivity index (χ3n) is 3.15. The molecule has 20 heavy (non-hydrogen) atoms. The highest BCUT2D eigenvalue weighted by molar-refractivity contribution is 6.12. The Labute approximate surface area is 119 Å². The van der Waals surface area contributed by atoms with Crippen LogP contribution in [0, 0.1) is 5.41 Å². The van der Waals surface area contributed by atoms with Crippen molar-refractivity contribution in [3.05, 3.63) is 30.0 Å². The lowest BCUT2D eigenvalue weighted by molar-refractivity contribution is -0.116. The number of para-hydroxylation sites is 1. The number of rotatable bonds is 4. The lowest BCUT2D eigenvalue weighted by Gasteiger charge is -2.17. The van der Waals surface area contributed by atoms with Crippen LogP contribution in [-0.2, 0) is 4.79 Å². The summed E-state index contributed by atoms with van der Waals surface area (Å²) < 4.78 is 0. The minimum Gasteiger partial charge on any atom is -0.391 e. The lowest BCUT2D eigenvalue weighted by Crippen LogP contribution is -2.19. The van der Waals surface area contributed by atoms with Gasteiger partial charge in [-0.2, -0.15) is 0 Å². The van der Waals surface area contributed by atoms with Gasteiger partial charge in [0.1, 0.15) is 0 Å². The summed E-state index contributed by atoms with van der Waals surface area (Å²) >= 11 is 0. The molecule has 0 radical (unpaired) electrons. The van der Waals surface area contributed by atoms with Crippen molar-refractivity contribution >= 4 is 29.1 Å². The van der Waals surface area contributed by atoms with Gasteiger partial charge in [-0.25, -0.2) is 0 Å². The first-order valence-electron chi connectivity index (χ1n) is 6.79. The van der Waals surface area contributed by atoms with Crippen LogP contribution in [0.25, 0.3) is 5.57 Å². The van der Waals surface area contributed by atoms with E-state index in [1.54, 1.807) is 0 Å². The maximum Gasteiger partial charge on any atom is 0.226 e. The minimum atomic E-state index is 0.00738. The molecular formula is C15H20N4O. The molecule has 1 aliphatic rings. The van der Waals surface area contributed by atoms with E-state index in [-0.39, 0.29) is 11.9 Å². The van der Waals surface area contributed by atoms with Crippen molar-refractivity contribution < 1.29 is 4.79 Å². The van der Waals surface area contributed by atoms with Gasteiger partial charge in [-0.15, -0.1) is 0 Å². The Hall–Kier alpha value is -2.30. The van der Waals surface area contributed by atoms with E-state index in [2.05, 4.69) is 16.0 Å². The fourth-order valence-electron chi connectivity index (χ4n) is 2.24. The normalized spacial score (nSPS) is 18.4. The minimum absolute atomic E-state index is 0.00738. The predicted molar refractivity (Wildman–Crippen MR) is 83.2 cm³/mol. The Kier molecular flexibility index (Phi) is 4.40. The average molecular weight is 272 g/mol. The topological polar surface area (TPSA) is 77.0 Å². The number of amides is 1. The van der Waals surface area contributed by atoms with E-state index >= 15 is 0 Å². The number of allylic oxidation sites excluding steroid dienone is 1. The molecule has 0 spiro atoms. The van der Waals surface area contributed by atoms with Gasteiger partial charge in [-0.1, -0.05) is 12.1 Å². The molecule has 2 rings (SSSR count). The number of nitrogens with one attached hydrogen (secondary N) is 4. The van der Waals surface area contributed by atoms with E-state index in [0.717, 1.165) is 29.1 Å². The van der Waals surface area contributed by atoms with Gasteiger partial charge < -0.3 is 21.4 Å². The van der Waals surface area contributed by atoms with Gasteiger partial charge in [0, 0.05) is 42.6 Å². The quantitative estimate of drug-likeness (QED) is 0.636. The highest BCUT2D eigenvalue weighted by atomic mass is 16.1. The second-order valence-corrected chi connectivity index (χ2v) is 4.83. The number of anilines is 2. The molecule has 0 aromatic heterocycles. The van der Waals surface area contributed by atoms with Gasteiger partial charge in [0.25, 0.3) is 0 Å². The van der Waals surface area contributed by atoms with Crippen molar-refractivity contribution in [1.82, 2.24) is 5.32 Å². The summed E-state index contributed by atoms with van der Waals surface area (Å²) in [6.07, 6.45) is 3.57. The van der Waals surface area contributed by atoms with Crippen molar-refractivity contribution in [2.24, 2.45) is 0 Å². The van der Waals surface area contributed by atoms with Gasteiger partial charge in [0.05, 0.1) is 11.4 Å². The number of carbonyl (C=O) groups is 1. The molecule has 4 N–H and O–H groups in total. The Bertz CT molecular complexity index is 551. The van der Waals surface area contributed by atoms with Crippen LogP contribution in [0.3, 0.4) is 0 Å². The van der Waals surface area contributed by atoms with Crippen LogP contribution in [0.4, 0.5) is 11.4 Å². The van der Waals surface area contributed by atoms with Crippen LogP contribution in [0.15, 0.2) is 24.4 Å². The number of fused-ring (bicyclic) bond motifs is 1. The summed E-state index contributed by atoms with van der Waals surface area (Å²) in [5.74, 6) is 0.00738. The van der Waals surface area contributed by atoms with Crippen molar-refractivity contribution in [2.45, 2.75) is 26.3 Å². The van der Waals surface area contributed by atoms with Crippen LogP contribution in [0.2, 0.25) is 0 Å². The van der Waals surface area contributed by atoms with E-state index in [1.807, 2.05) is 38.2 Å². The molecule has 0 saturated carbocycles. The van der Waals surface area contributed by atoms with Crippen molar-refractivity contribution in [3.8, 4) is 0 Å². The highest BCUT2D eigenvalue weighted by Crippen LogP contribution is 2.33. The molecule has 1 aliphatic heterocycles. The van der Waals surface area contributed by atoms with E-state index in [1.165, 1.54) is 6.21 Å². The van der Waals surface area contributed by atoms with Gasteiger partial charge in [-0.3, -0.25) is 4.79 Å². The standard InChI is InChI=1S/C15H20N4O/c1-3-17-9-11(8-16)12-5-4-6-13-15(12)18-10(2)7-14(20)19-13/h4-6,8-10,16-18H,3,7H2,1-2H3,(H,19,20)/b11-9+,16-8?/t10-/m1/s1. The Morgan fingerprint density at radius 1 is 1.55 bits per heavy atom. The summed E-state index contributed by atoms with van der Waals surface area (Å²) in [7, 11) is 0. The fraction of sp³-hybridized carbons (Fsp3) is 0.333. The molecule has 0 aliphatic carbocycles. The van der Waals surface area contributed by atoms with Crippen LogP contribution in [0.5, 0.6) is 0 Å². The first-order valence-corrected chi connectivity index (χ1v) is 6.79. The Morgan fingerprint density at radius 2 is 2.35 bits per heavy atom. The maximum atomic E-state index is 11.8. The van der Waals surface area contributed by atoms with Crippen molar-refractivity contribution in [2.75, 3.05) is 17.2 Å². The first-order chi connectivity index (χ1) is 9.65. The number of benzene rings is 1. The Morgan fingerprint density at radius 3 is 3.05 bits per heavy atom. The molecule has 0 fully saturated rings. The summed E-state index contributed by atoms with van der Waals surface area (Å²) in [5.41, 5.74) is 3.33. The average Bonchev–Trinajstić information content (AvgIpc) is 2.56. The van der Waals surface area contributed by atoms with Gasteiger partial charge in [-0.05, 0) is 19.9 Å². The van der Waals surface area contributed by atoms with Crippen LogP contribution < -0.4 is 16.0 Å². The molecule has 1 amide bonds. The highest BCUT2D eigenvalue weighted by Gasteiger charge is 2.20. The third kappa shape index (κ3) is 2.99. The molecular weight excluding hydrogens is 252 g/mol. The van der Waals surface area contributed by atoms with Crippen LogP contribution >= 0.6 is 0 Å². The molecule has 0 saturated heterocycles. The zero-order valence-corrected chi connectivity index (χ0v) is 11.8. The van der Waals surface area contributed by atoms with Gasteiger partial charge in [0.2, 0.25) is 5.91 Å². The number of hydrogen-bond donors (Lipinski definition) is 4. The second kappa shape index (κ2) is 6.23. The van der Waals surface area contributed by atoms with E-state index in [4.69, 9.17) is 5.41 Å². The Balaban J connectivity index is 2.48. The first kappa shape index (κ1) is 14.1. The zero-order chi connectivity index (χ0) is 14.5. The molecule has 5 nitrogen and oxygen atoms in total. The van der Waals surface area contributed by atoms with Crippen LogP contribution in [0.1, 0.15) is 25.8 Å². The maximum absolute atomic E-state index is 11.8. The third-order valence-corrected chi connectivity index (χ3v) is 3.15. The fourth-order valence-corrected chi connectivity index (χ4v) is 2.24. The van der Waals surface area contributed by atoms with Crippen LogP contribution in [-0.4, -0.2) is 24.7 Å². The summed E-state index contributed by atoms with van der Waals surface area (Å²) in [6, 6.07) is 5.76. The number of carbonyl (C=O) groups excluding carboxylic acids is 1. The van der Waals surface area contributed by atoms with E-state index < -0.39 is 0 Å². The van der Waals surface area contributed by atoms with Crippen molar-refractivity contribution in [1.29, 1.82) is 5.41 Å². The number of hydrogen-bond acceptors (Lipinski definition) is 4. The molecule has 1 aromatic carbocycles. The zero-order valence-electron chi connectivity index (χ0n) is 11.8. The molecule has 0 bridgehead atoms. The summed E-state index contributed by atoms with van der Waals surface area (Å²) in [6.45, 7) is 4.78. The smallest absolute Gasteiger partial charge is 0.226 e. The molecule has 0 unspecified atom stereocenters. The lowest BCUT2D eigenvalue weighted by atomic mass is 10.0. The molecule has 1 aromatic rings. The summed E-state index contributed by atoms with van der Waals surface area (Å²) in [5, 5.41) is 17.0. The SMILES string of the molecule is CCN/C=C(\C=N)c1cccc2c1N[C@H](C)CC(=O)N2. The monoisotopic (exact) mass is 272 g/mol. The molecule has 5 heteroatoms. The van der Waals surface area contributed by atoms with E-state index in [0.29, 0.717) is 6.42 Å². The van der Waals surface area contributed by atoms with Gasteiger partial charge in [0.15, 0.2) is 0 Å². The van der Waals surface area contributed by atoms with Crippen molar-refractivity contribution in [3.63, 3.8) is 0 Å². The van der Waals surface area contributed by atoms with E-state index in [9.17, 15) is 4.79 Å². The molecule has 106 valence electrons.